The minimum Gasteiger partial charge on any atom is -0.495 e. The summed E-state index contributed by atoms with van der Waals surface area (Å²) in [5, 5.41) is 5.39. The van der Waals surface area contributed by atoms with Gasteiger partial charge < -0.3 is 15.4 Å². The molecule has 0 saturated heterocycles. The van der Waals surface area contributed by atoms with Crippen LogP contribution in [0, 0.1) is 0 Å². The Balaban J connectivity index is 1.73. The van der Waals surface area contributed by atoms with Crippen LogP contribution < -0.4 is 15.4 Å². The van der Waals surface area contributed by atoms with E-state index in [1.54, 1.807) is 6.92 Å². The summed E-state index contributed by atoms with van der Waals surface area (Å²) >= 11 is 0. The summed E-state index contributed by atoms with van der Waals surface area (Å²) in [4.78, 5) is 25.1. The van der Waals surface area contributed by atoms with Crippen molar-refractivity contribution in [2.75, 3.05) is 14.2 Å². The van der Waals surface area contributed by atoms with Crippen LogP contribution >= 0.6 is 0 Å². The largest absolute Gasteiger partial charge is 0.495 e. The summed E-state index contributed by atoms with van der Waals surface area (Å²) in [5.41, 5.74) is 1.85. The third-order valence-electron chi connectivity index (χ3n) is 5.41. The number of benzene rings is 3. The van der Waals surface area contributed by atoms with E-state index in [0.717, 1.165) is 11.1 Å². The van der Waals surface area contributed by atoms with Crippen LogP contribution in [-0.2, 0) is 27.9 Å². The highest BCUT2D eigenvalue weighted by Crippen LogP contribution is 2.28. The molecule has 9 heteroatoms. The van der Waals surface area contributed by atoms with Crippen molar-refractivity contribution >= 4 is 21.8 Å². The van der Waals surface area contributed by atoms with Crippen molar-refractivity contribution in [1.82, 2.24) is 14.9 Å². The summed E-state index contributed by atoms with van der Waals surface area (Å²) < 4.78 is 33.0. The lowest BCUT2D eigenvalue weighted by Gasteiger charge is -2.20. The predicted molar refractivity (Wildman–Crippen MR) is 133 cm³/mol. The molecule has 0 radical (unpaired) electrons. The molecule has 3 aromatic carbocycles. The Hall–Kier alpha value is -3.69. The number of sulfonamides is 1. The van der Waals surface area contributed by atoms with E-state index in [1.807, 2.05) is 60.7 Å². The van der Waals surface area contributed by atoms with Gasteiger partial charge in [0.05, 0.1) is 7.11 Å². The summed E-state index contributed by atoms with van der Waals surface area (Å²) in [6, 6.07) is 21.9. The SMILES string of the molecule is COc1ccc(C(=O)NC(C)C(=O)NCc2ccccc2)cc1S(=O)(=O)N(C)Cc1ccccc1. The number of carbonyl (C=O) groups excluding carboxylic acids is 2. The molecule has 2 amide bonds. The molecule has 0 spiro atoms. The molecule has 1 unspecified atom stereocenters. The molecule has 0 aromatic heterocycles. The zero-order valence-electron chi connectivity index (χ0n) is 19.9. The highest BCUT2D eigenvalue weighted by molar-refractivity contribution is 7.89. The third-order valence-corrected chi connectivity index (χ3v) is 7.24. The number of nitrogens with one attached hydrogen (secondary N) is 2. The Morgan fingerprint density at radius 1 is 0.943 bits per heavy atom. The van der Waals surface area contributed by atoms with Crippen molar-refractivity contribution in [3.05, 3.63) is 95.6 Å². The van der Waals surface area contributed by atoms with Crippen molar-refractivity contribution < 1.29 is 22.7 Å². The van der Waals surface area contributed by atoms with Crippen molar-refractivity contribution in [3.63, 3.8) is 0 Å². The number of hydrogen-bond donors (Lipinski definition) is 2. The summed E-state index contributed by atoms with van der Waals surface area (Å²) in [6.45, 7) is 2.05. The molecular weight excluding hydrogens is 466 g/mol. The monoisotopic (exact) mass is 495 g/mol. The second-order valence-electron chi connectivity index (χ2n) is 8.01. The fourth-order valence-electron chi connectivity index (χ4n) is 3.40. The van der Waals surface area contributed by atoms with Gasteiger partial charge in [0.1, 0.15) is 16.7 Å². The number of carbonyl (C=O) groups is 2. The van der Waals surface area contributed by atoms with Gasteiger partial charge in [-0.2, -0.15) is 4.31 Å². The molecule has 0 saturated carbocycles. The summed E-state index contributed by atoms with van der Waals surface area (Å²) in [7, 11) is -1.14. The Morgan fingerprint density at radius 2 is 1.54 bits per heavy atom. The highest BCUT2D eigenvalue weighted by atomic mass is 32.2. The molecule has 3 rings (SSSR count). The van der Waals surface area contributed by atoms with Gasteiger partial charge in [0.15, 0.2) is 0 Å². The summed E-state index contributed by atoms with van der Waals surface area (Å²) in [6.07, 6.45) is 0. The topological polar surface area (TPSA) is 105 Å². The lowest BCUT2D eigenvalue weighted by atomic mass is 10.2. The van der Waals surface area contributed by atoms with Gasteiger partial charge in [-0.15, -0.1) is 0 Å². The van der Waals surface area contributed by atoms with Crippen molar-refractivity contribution in [3.8, 4) is 5.75 Å². The average Bonchev–Trinajstić information content (AvgIpc) is 2.87. The van der Waals surface area contributed by atoms with Gasteiger partial charge in [-0.05, 0) is 36.2 Å². The Kier molecular flexibility index (Phi) is 8.62. The van der Waals surface area contributed by atoms with Gasteiger partial charge in [0.2, 0.25) is 15.9 Å². The smallest absolute Gasteiger partial charge is 0.251 e. The number of nitrogens with zero attached hydrogens (tertiary/aromatic N) is 1. The highest BCUT2D eigenvalue weighted by Gasteiger charge is 2.27. The Labute approximate surface area is 206 Å². The van der Waals surface area contributed by atoms with Crippen LogP contribution in [0.2, 0.25) is 0 Å². The first-order valence-corrected chi connectivity index (χ1v) is 12.5. The van der Waals surface area contributed by atoms with Crippen LogP contribution in [0.25, 0.3) is 0 Å². The summed E-state index contributed by atoms with van der Waals surface area (Å²) in [5.74, 6) is -0.807. The molecule has 0 fully saturated rings. The Morgan fingerprint density at radius 3 is 2.14 bits per heavy atom. The van der Waals surface area contributed by atoms with Gasteiger partial charge in [-0.3, -0.25) is 9.59 Å². The molecule has 8 nitrogen and oxygen atoms in total. The molecule has 1 atom stereocenters. The molecular formula is C26H29N3O5S. The third kappa shape index (κ3) is 6.68. The molecule has 0 aliphatic rings. The predicted octanol–water partition coefficient (Wildman–Crippen LogP) is 2.95. The fraction of sp³-hybridized carbons (Fsp3) is 0.231. The van der Waals surface area contributed by atoms with E-state index >= 15 is 0 Å². The second-order valence-corrected chi connectivity index (χ2v) is 10.0. The van der Waals surface area contributed by atoms with E-state index in [-0.39, 0.29) is 28.7 Å². The normalized spacial score (nSPS) is 12.1. The molecule has 3 aromatic rings. The van der Waals surface area contributed by atoms with E-state index < -0.39 is 22.0 Å². The van der Waals surface area contributed by atoms with Gasteiger partial charge in [0, 0.05) is 25.7 Å². The first-order valence-electron chi connectivity index (χ1n) is 11.0. The minimum atomic E-state index is -3.97. The first-order chi connectivity index (χ1) is 16.7. The van der Waals surface area contributed by atoms with Crippen molar-refractivity contribution in [2.24, 2.45) is 0 Å². The number of amides is 2. The first kappa shape index (κ1) is 25.9. The van der Waals surface area contributed by atoms with Gasteiger partial charge in [-0.1, -0.05) is 60.7 Å². The molecule has 0 heterocycles. The zero-order chi connectivity index (χ0) is 25.4. The molecule has 2 N–H and O–H groups in total. The van der Waals surface area contributed by atoms with Crippen molar-refractivity contribution in [2.45, 2.75) is 31.0 Å². The quantitative estimate of drug-likeness (QED) is 0.450. The van der Waals surface area contributed by atoms with E-state index in [0.29, 0.717) is 6.54 Å². The van der Waals surface area contributed by atoms with Gasteiger partial charge in [0.25, 0.3) is 5.91 Å². The molecule has 0 aliphatic carbocycles. The van der Waals surface area contributed by atoms with Crippen molar-refractivity contribution in [1.29, 1.82) is 0 Å². The minimum absolute atomic E-state index is 0.0974. The number of ether oxygens (including phenoxy) is 1. The maximum absolute atomic E-state index is 13.3. The maximum atomic E-state index is 13.3. The second kappa shape index (κ2) is 11.6. The molecule has 0 aliphatic heterocycles. The molecule has 35 heavy (non-hydrogen) atoms. The van der Waals surface area contributed by atoms with Crippen LogP contribution in [0.5, 0.6) is 5.75 Å². The van der Waals surface area contributed by atoms with E-state index in [9.17, 15) is 18.0 Å². The van der Waals surface area contributed by atoms with Crippen LogP contribution in [0.15, 0.2) is 83.8 Å². The molecule has 184 valence electrons. The Bertz CT molecular complexity index is 1260. The van der Waals surface area contributed by atoms with E-state index in [4.69, 9.17) is 4.74 Å². The maximum Gasteiger partial charge on any atom is 0.251 e. The van der Waals surface area contributed by atoms with Crippen LogP contribution in [-0.4, -0.2) is 44.7 Å². The van der Waals surface area contributed by atoms with Gasteiger partial charge >= 0.3 is 0 Å². The lowest BCUT2D eigenvalue weighted by Crippen LogP contribution is -2.44. The van der Waals surface area contributed by atoms with Gasteiger partial charge in [-0.25, -0.2) is 8.42 Å². The van der Waals surface area contributed by atoms with Crippen LogP contribution in [0.1, 0.15) is 28.4 Å². The fourth-order valence-corrected chi connectivity index (χ4v) is 4.73. The average molecular weight is 496 g/mol. The number of hydrogen-bond acceptors (Lipinski definition) is 5. The molecule has 0 bridgehead atoms. The standard InChI is InChI=1S/C26H29N3O5S/c1-19(25(30)27-17-20-10-6-4-7-11-20)28-26(31)22-14-15-23(34-3)24(16-22)35(32,33)29(2)18-21-12-8-5-9-13-21/h4-16,19H,17-18H2,1-3H3,(H,27,30)(H,28,31). The number of methoxy groups -OCH3 is 1. The lowest BCUT2D eigenvalue weighted by molar-refractivity contribution is -0.122. The van der Waals surface area contributed by atoms with E-state index in [1.165, 1.54) is 36.7 Å². The van der Waals surface area contributed by atoms with Crippen LogP contribution in [0.3, 0.4) is 0 Å². The zero-order valence-corrected chi connectivity index (χ0v) is 20.7. The number of rotatable bonds is 10. The van der Waals surface area contributed by atoms with E-state index in [2.05, 4.69) is 10.6 Å². The van der Waals surface area contributed by atoms with Crippen LogP contribution in [0.4, 0.5) is 0 Å².